The van der Waals surface area contributed by atoms with Crippen molar-refractivity contribution in [2.75, 3.05) is 11.2 Å². The van der Waals surface area contributed by atoms with Crippen LogP contribution in [0, 0.1) is 0 Å². The average Bonchev–Trinajstić information content (AvgIpc) is 3.48. The number of hydrogen-bond acceptors (Lipinski definition) is 10. The van der Waals surface area contributed by atoms with Gasteiger partial charge in [0.25, 0.3) is 15.1 Å². The van der Waals surface area contributed by atoms with Crippen molar-refractivity contribution < 1.29 is 30.5 Å². The maximum absolute atomic E-state index is 11.5. The number of fused-ring (bicyclic) bond motifs is 2. The second kappa shape index (κ2) is 15.3. The molecule has 4 aromatic rings. The van der Waals surface area contributed by atoms with Gasteiger partial charge >= 0.3 is 0 Å². The third kappa shape index (κ3) is 10.9. The van der Waals surface area contributed by atoms with Crippen molar-refractivity contribution in [3.05, 3.63) is 98.7 Å². The Bertz CT molecular complexity index is 1790. The van der Waals surface area contributed by atoms with Gasteiger partial charge in [-0.3, -0.25) is 9.54 Å². The zero-order valence-corrected chi connectivity index (χ0v) is 26.8. The minimum Gasteiger partial charge on any atom is -0.743 e. The lowest BCUT2D eigenvalue weighted by Gasteiger charge is -2.04. The Kier molecular flexibility index (Phi) is 12.4. The first kappa shape index (κ1) is 34.0. The van der Waals surface area contributed by atoms with Crippen LogP contribution in [0.15, 0.2) is 88.6 Å². The lowest BCUT2D eigenvalue weighted by molar-refractivity contribution is -0.649. The van der Waals surface area contributed by atoms with Gasteiger partial charge in [0.2, 0.25) is 11.4 Å². The molecule has 0 bridgehead atoms. The number of benzene rings is 2. The number of rotatable bonds is 6. The van der Waals surface area contributed by atoms with Crippen LogP contribution in [0.5, 0.6) is 0 Å². The molecular weight excluding hydrogens is 663 g/mol. The molecule has 0 unspecified atom stereocenters. The van der Waals surface area contributed by atoms with Gasteiger partial charge in [-0.25, -0.2) is 8.42 Å². The van der Waals surface area contributed by atoms with Gasteiger partial charge in [-0.05, 0) is 60.5 Å². The van der Waals surface area contributed by atoms with Gasteiger partial charge in [0.15, 0.2) is 10.1 Å². The molecule has 224 valence electrons. The molecule has 0 saturated carbocycles. The van der Waals surface area contributed by atoms with Gasteiger partial charge in [0, 0.05) is 39.5 Å². The number of anilines is 1. The van der Waals surface area contributed by atoms with Crippen LogP contribution in [-0.2, 0) is 26.1 Å². The van der Waals surface area contributed by atoms with Crippen molar-refractivity contribution in [3.63, 3.8) is 0 Å². The summed E-state index contributed by atoms with van der Waals surface area (Å²) in [5.74, 6) is -1.35. The van der Waals surface area contributed by atoms with Crippen LogP contribution in [0.1, 0.15) is 18.4 Å². The number of aromatic nitrogens is 2. The van der Waals surface area contributed by atoms with Crippen molar-refractivity contribution in [2.45, 2.75) is 24.1 Å². The highest BCUT2D eigenvalue weighted by atomic mass is 35.5. The second-order valence-electron chi connectivity index (χ2n) is 8.39. The lowest BCUT2D eigenvalue weighted by atomic mass is 10.2. The molecule has 3 heterocycles. The smallest absolute Gasteiger partial charge is 0.277 e. The van der Waals surface area contributed by atoms with Crippen molar-refractivity contribution in [3.8, 4) is 0 Å². The van der Waals surface area contributed by atoms with Gasteiger partial charge in [-0.2, -0.15) is 13.0 Å². The summed E-state index contributed by atoms with van der Waals surface area (Å²) in [6, 6.07) is 16.7. The summed E-state index contributed by atoms with van der Waals surface area (Å²) >= 11 is 15.2. The van der Waals surface area contributed by atoms with E-state index in [4.69, 9.17) is 27.8 Å². The molecule has 0 fully saturated rings. The van der Waals surface area contributed by atoms with Crippen LogP contribution in [-0.4, -0.2) is 36.8 Å². The van der Waals surface area contributed by atoms with E-state index in [1.807, 2.05) is 61.5 Å². The molecule has 1 aliphatic heterocycles. The molecule has 16 heteroatoms. The number of pyridine rings is 1. The summed E-state index contributed by atoms with van der Waals surface area (Å²) in [4.78, 5) is 4.87. The molecule has 0 radical (unpaired) electrons. The molecule has 4 N–H and O–H groups in total. The van der Waals surface area contributed by atoms with E-state index in [9.17, 15) is 21.4 Å². The number of nitrogens with one attached hydrogen (secondary N) is 1. The molecule has 0 aliphatic carbocycles. The fourth-order valence-electron chi connectivity index (χ4n) is 3.39. The highest BCUT2D eigenvalue weighted by molar-refractivity contribution is 8.03. The van der Waals surface area contributed by atoms with Gasteiger partial charge in [0.05, 0.1) is 10.7 Å². The SMILES string of the molecule is CCC(=Cc1sc2ccc(Cl)cc2[n+]1CS(=O)(=O)[O-])C=C1Nc2cc(Cl)ccc2S1.NCS(=O)(=O)O.c1ccncc1. The number of thiazole rings is 1. The Morgan fingerprint density at radius 2 is 1.74 bits per heavy atom. The second-order valence-corrected chi connectivity index (χ2v) is 14.3. The van der Waals surface area contributed by atoms with E-state index >= 15 is 0 Å². The van der Waals surface area contributed by atoms with Crippen LogP contribution in [0.2, 0.25) is 10.0 Å². The fourth-order valence-corrected chi connectivity index (χ4v) is 6.49. The molecule has 5 rings (SSSR count). The summed E-state index contributed by atoms with van der Waals surface area (Å²) in [5, 5.41) is 6.11. The third-order valence-electron chi connectivity index (χ3n) is 5.21. The lowest BCUT2D eigenvalue weighted by Crippen LogP contribution is -2.39. The average molecular weight is 690 g/mol. The molecule has 10 nitrogen and oxygen atoms in total. The van der Waals surface area contributed by atoms with Gasteiger partial charge in [-0.1, -0.05) is 59.3 Å². The van der Waals surface area contributed by atoms with Gasteiger partial charge in [0.1, 0.15) is 10.6 Å². The molecule has 1 aliphatic rings. The highest BCUT2D eigenvalue weighted by Crippen LogP contribution is 2.42. The Labute approximate surface area is 262 Å². The number of allylic oxidation sites excluding steroid dienone is 2. The summed E-state index contributed by atoms with van der Waals surface area (Å²) in [5.41, 5.74) is 7.03. The molecule has 0 atom stereocenters. The van der Waals surface area contributed by atoms with Crippen LogP contribution in [0.3, 0.4) is 0 Å². The van der Waals surface area contributed by atoms with Crippen LogP contribution in [0.25, 0.3) is 16.3 Å². The monoisotopic (exact) mass is 688 g/mol. The van der Waals surface area contributed by atoms with Crippen LogP contribution < -0.4 is 15.6 Å². The zero-order valence-electron chi connectivity index (χ0n) is 22.0. The first-order valence-electron chi connectivity index (χ1n) is 12.0. The maximum Gasteiger partial charge on any atom is 0.277 e. The Balaban J connectivity index is 0.000000336. The molecule has 0 saturated heterocycles. The molecular formula is C26H26Cl2N4O6S4. The predicted octanol–water partition coefficient (Wildman–Crippen LogP) is 5.72. The summed E-state index contributed by atoms with van der Waals surface area (Å²) < 4.78 is 63.4. The van der Waals surface area contributed by atoms with Crippen molar-refractivity contribution in [1.29, 1.82) is 0 Å². The first-order valence-corrected chi connectivity index (χ1v) is 17.6. The minimum atomic E-state index is -4.48. The molecule has 2 aromatic heterocycles. The van der Waals surface area contributed by atoms with Crippen molar-refractivity contribution >= 4 is 88.5 Å². The number of halogens is 2. The number of nitrogens with two attached hydrogens (primary N) is 1. The standard InChI is InChI=1S/C20H16Cl2N2O3S3.C5H5N.CH5NO3S/c1-2-12(7-19-23-15-9-13(21)3-5-17(15)28-19)8-20-24(11-30(25,26)27)16-10-14(22)4-6-18(16)29-20;1-2-4-6-5-3-1;2-1-6(3,4)5/h3-10H,2,11H2,1H3,(H,25,26,27);1-5H;1-2H2,(H,3,4,5). The number of hydrogen-bond donors (Lipinski definition) is 3. The largest absolute Gasteiger partial charge is 0.743 e. The van der Waals surface area contributed by atoms with Crippen molar-refractivity contribution in [1.82, 2.24) is 4.98 Å². The van der Waals surface area contributed by atoms with E-state index in [0.29, 0.717) is 20.6 Å². The van der Waals surface area contributed by atoms with Crippen molar-refractivity contribution in [2.24, 2.45) is 5.73 Å². The van der Waals surface area contributed by atoms with E-state index in [2.05, 4.69) is 16.0 Å². The minimum absolute atomic E-state index is 0.480. The zero-order chi connectivity index (χ0) is 30.9. The molecule has 0 amide bonds. The summed E-state index contributed by atoms with van der Waals surface area (Å²) in [6.45, 7) is 2.02. The molecule has 42 heavy (non-hydrogen) atoms. The number of thioether (sulfide) groups is 1. The van der Waals surface area contributed by atoms with E-state index < -0.39 is 32.0 Å². The maximum atomic E-state index is 11.5. The van der Waals surface area contributed by atoms with E-state index in [0.717, 1.165) is 32.3 Å². The Morgan fingerprint density at radius 3 is 2.29 bits per heavy atom. The topological polar surface area (TPSA) is 166 Å². The van der Waals surface area contributed by atoms with E-state index in [1.54, 1.807) is 36.3 Å². The summed E-state index contributed by atoms with van der Waals surface area (Å²) in [6.07, 6.45) is 8.16. The van der Waals surface area contributed by atoms with Crippen LogP contribution in [0.4, 0.5) is 5.69 Å². The molecule has 2 aromatic carbocycles. The van der Waals surface area contributed by atoms with Crippen LogP contribution >= 0.6 is 46.3 Å². The normalized spacial score (nSPS) is 14.0. The fraction of sp³-hybridized carbons (Fsp3) is 0.154. The van der Waals surface area contributed by atoms with E-state index in [1.165, 1.54) is 15.9 Å². The Hall–Kier alpha value is -2.53. The van der Waals surface area contributed by atoms with Gasteiger partial charge in [-0.15, -0.1) is 0 Å². The first-order chi connectivity index (χ1) is 19.8. The third-order valence-corrected chi connectivity index (χ3v) is 8.80. The quantitative estimate of drug-likeness (QED) is 0.168. The Morgan fingerprint density at radius 1 is 1.10 bits per heavy atom. The highest BCUT2D eigenvalue weighted by Gasteiger charge is 2.22. The number of nitrogens with zero attached hydrogens (tertiary/aromatic N) is 2. The van der Waals surface area contributed by atoms with Gasteiger partial charge < -0.3 is 15.6 Å². The van der Waals surface area contributed by atoms with E-state index in [-0.39, 0.29) is 0 Å². The predicted molar refractivity (Wildman–Crippen MR) is 169 cm³/mol. The summed E-state index contributed by atoms with van der Waals surface area (Å²) in [7, 11) is -8.36. The molecule has 0 spiro atoms.